The molecule has 1 aliphatic rings. The van der Waals surface area contributed by atoms with Gasteiger partial charge in [-0.2, -0.15) is 0 Å². The molecule has 0 aliphatic carbocycles. The number of nitrogens with zero attached hydrogens (tertiary/aromatic N) is 1. The Hall–Kier alpha value is -1.10. The Bertz CT molecular complexity index is 436. The summed E-state index contributed by atoms with van der Waals surface area (Å²) in [6.07, 6.45) is 0.556. The van der Waals surface area contributed by atoms with Crippen molar-refractivity contribution in [1.29, 1.82) is 0 Å². The highest BCUT2D eigenvalue weighted by molar-refractivity contribution is 6.30. The zero-order valence-electron chi connectivity index (χ0n) is 11.0. The van der Waals surface area contributed by atoms with E-state index in [1.54, 1.807) is 4.90 Å². The minimum atomic E-state index is -0.413. The Kier molecular flexibility index (Phi) is 4.80. The molecular weight excluding hydrogens is 264 g/mol. The third-order valence-corrected chi connectivity index (χ3v) is 3.63. The lowest BCUT2D eigenvalue weighted by Gasteiger charge is -2.34. The Morgan fingerprint density at radius 1 is 1.53 bits per heavy atom. The van der Waals surface area contributed by atoms with Gasteiger partial charge < -0.3 is 15.4 Å². The molecule has 0 radical (unpaired) electrons. The molecular formula is C14H19ClN2O2. The fourth-order valence-electron chi connectivity index (χ4n) is 2.14. The van der Waals surface area contributed by atoms with Gasteiger partial charge in [-0.15, -0.1) is 0 Å². The number of hydrogen-bond donors (Lipinski definition) is 1. The maximum Gasteiger partial charge on any atom is 0.239 e. The summed E-state index contributed by atoms with van der Waals surface area (Å²) in [6, 6.07) is 7.11. The van der Waals surface area contributed by atoms with E-state index < -0.39 is 6.04 Å². The van der Waals surface area contributed by atoms with Crippen molar-refractivity contribution in [2.45, 2.75) is 25.5 Å². The van der Waals surface area contributed by atoms with Crippen LogP contribution in [0.4, 0.5) is 0 Å². The van der Waals surface area contributed by atoms with Gasteiger partial charge in [0.2, 0.25) is 5.91 Å². The van der Waals surface area contributed by atoms with E-state index >= 15 is 0 Å². The molecule has 1 aliphatic heterocycles. The fourth-order valence-corrected chi connectivity index (χ4v) is 2.26. The van der Waals surface area contributed by atoms with E-state index in [4.69, 9.17) is 22.1 Å². The zero-order chi connectivity index (χ0) is 13.8. The minimum Gasteiger partial charge on any atom is -0.370 e. The van der Waals surface area contributed by atoms with Crippen LogP contribution in [0.3, 0.4) is 0 Å². The lowest BCUT2D eigenvalue weighted by molar-refractivity contribution is -0.140. The minimum absolute atomic E-state index is 0.00441. The molecule has 0 spiro atoms. The molecule has 1 saturated heterocycles. The van der Waals surface area contributed by atoms with Gasteiger partial charge in [0.15, 0.2) is 0 Å². The van der Waals surface area contributed by atoms with Gasteiger partial charge in [0.1, 0.15) is 6.10 Å². The van der Waals surface area contributed by atoms with Gasteiger partial charge in [0, 0.05) is 11.6 Å². The van der Waals surface area contributed by atoms with E-state index in [-0.39, 0.29) is 12.0 Å². The summed E-state index contributed by atoms with van der Waals surface area (Å²) in [5, 5.41) is 0.695. The van der Waals surface area contributed by atoms with Crippen molar-refractivity contribution in [3.63, 3.8) is 0 Å². The van der Waals surface area contributed by atoms with Gasteiger partial charge in [-0.25, -0.2) is 0 Å². The van der Waals surface area contributed by atoms with Crippen LogP contribution >= 0.6 is 11.6 Å². The number of hydrogen-bond acceptors (Lipinski definition) is 3. The summed E-state index contributed by atoms with van der Waals surface area (Å²) in [7, 11) is 0. The number of carbonyl (C=O) groups is 1. The number of carbonyl (C=O) groups excluding carboxylic acids is 1. The quantitative estimate of drug-likeness (QED) is 0.922. The predicted octanol–water partition coefficient (Wildman–Crippen LogP) is 1.98. The molecule has 2 rings (SSSR count). The van der Waals surface area contributed by atoms with Gasteiger partial charge in [-0.1, -0.05) is 30.7 Å². The standard InChI is InChI=1S/C14H19ClN2O2/c1-2-12(16)14(18)17-7-8-19-13(9-17)10-3-5-11(15)6-4-10/h3-6,12-13H,2,7-9,16H2,1H3/t12-,13?/m1/s1. The molecule has 5 heteroatoms. The monoisotopic (exact) mass is 282 g/mol. The van der Waals surface area contributed by atoms with Crippen molar-refractivity contribution in [1.82, 2.24) is 4.90 Å². The van der Waals surface area contributed by atoms with Gasteiger partial charge in [0.25, 0.3) is 0 Å². The lowest BCUT2D eigenvalue weighted by Crippen LogP contribution is -2.49. The molecule has 2 atom stereocenters. The molecule has 1 heterocycles. The summed E-state index contributed by atoms with van der Waals surface area (Å²) in [4.78, 5) is 13.9. The van der Waals surface area contributed by atoms with Gasteiger partial charge in [0.05, 0.1) is 19.2 Å². The Labute approximate surface area is 118 Å². The summed E-state index contributed by atoms with van der Waals surface area (Å²) in [5.74, 6) is 0.00441. The summed E-state index contributed by atoms with van der Waals surface area (Å²) < 4.78 is 5.72. The molecule has 104 valence electrons. The van der Waals surface area contributed by atoms with Gasteiger partial charge >= 0.3 is 0 Å². The average Bonchev–Trinajstić information content (AvgIpc) is 2.46. The number of rotatable bonds is 3. The van der Waals surface area contributed by atoms with Crippen LogP contribution in [-0.2, 0) is 9.53 Å². The maximum absolute atomic E-state index is 12.1. The second-order valence-corrected chi connectivity index (χ2v) is 5.15. The highest BCUT2D eigenvalue weighted by Gasteiger charge is 2.27. The van der Waals surface area contributed by atoms with Crippen LogP contribution in [0.25, 0.3) is 0 Å². The molecule has 19 heavy (non-hydrogen) atoms. The van der Waals surface area contributed by atoms with Crippen LogP contribution in [0.5, 0.6) is 0 Å². The normalized spacial score (nSPS) is 21.2. The summed E-state index contributed by atoms with van der Waals surface area (Å²) >= 11 is 5.87. The SMILES string of the molecule is CC[C@@H](N)C(=O)N1CCOC(c2ccc(Cl)cc2)C1. The molecule has 0 bridgehead atoms. The third kappa shape index (κ3) is 3.47. The second kappa shape index (κ2) is 6.37. The fraction of sp³-hybridized carbons (Fsp3) is 0.500. The molecule has 0 saturated carbocycles. The van der Waals surface area contributed by atoms with Crippen LogP contribution in [-0.4, -0.2) is 36.5 Å². The zero-order valence-corrected chi connectivity index (χ0v) is 11.8. The van der Waals surface area contributed by atoms with Crippen molar-refractivity contribution in [3.8, 4) is 0 Å². The van der Waals surface area contributed by atoms with E-state index in [0.29, 0.717) is 31.1 Å². The Morgan fingerprint density at radius 3 is 2.84 bits per heavy atom. The first-order chi connectivity index (χ1) is 9.11. The van der Waals surface area contributed by atoms with E-state index in [1.165, 1.54) is 0 Å². The van der Waals surface area contributed by atoms with Crippen molar-refractivity contribution in [3.05, 3.63) is 34.9 Å². The average molecular weight is 283 g/mol. The first-order valence-electron chi connectivity index (χ1n) is 6.53. The molecule has 1 unspecified atom stereocenters. The number of halogens is 1. The summed E-state index contributed by atoms with van der Waals surface area (Å²) in [6.45, 7) is 3.61. The second-order valence-electron chi connectivity index (χ2n) is 4.71. The van der Waals surface area contributed by atoms with E-state index in [0.717, 1.165) is 5.56 Å². The van der Waals surface area contributed by atoms with Crippen LogP contribution in [0.15, 0.2) is 24.3 Å². The summed E-state index contributed by atoms with van der Waals surface area (Å²) in [5.41, 5.74) is 6.84. The topological polar surface area (TPSA) is 55.6 Å². The molecule has 1 aromatic carbocycles. The Morgan fingerprint density at radius 2 is 2.21 bits per heavy atom. The molecule has 1 aromatic rings. The smallest absolute Gasteiger partial charge is 0.239 e. The van der Waals surface area contributed by atoms with Gasteiger partial charge in [-0.05, 0) is 24.1 Å². The molecule has 1 fully saturated rings. The van der Waals surface area contributed by atoms with Crippen LogP contribution in [0, 0.1) is 0 Å². The van der Waals surface area contributed by atoms with Crippen LogP contribution in [0.1, 0.15) is 25.0 Å². The molecule has 0 aromatic heterocycles. The van der Waals surface area contributed by atoms with E-state index in [1.807, 2.05) is 31.2 Å². The number of morpholine rings is 1. The van der Waals surface area contributed by atoms with Crippen molar-refractivity contribution >= 4 is 17.5 Å². The Balaban J connectivity index is 2.04. The van der Waals surface area contributed by atoms with Crippen LogP contribution in [0.2, 0.25) is 5.02 Å². The number of amides is 1. The highest BCUT2D eigenvalue weighted by atomic mass is 35.5. The lowest BCUT2D eigenvalue weighted by atomic mass is 10.1. The third-order valence-electron chi connectivity index (χ3n) is 3.38. The number of ether oxygens (including phenoxy) is 1. The van der Waals surface area contributed by atoms with E-state index in [2.05, 4.69) is 0 Å². The largest absolute Gasteiger partial charge is 0.370 e. The first-order valence-corrected chi connectivity index (χ1v) is 6.91. The molecule has 1 amide bonds. The van der Waals surface area contributed by atoms with Crippen molar-refractivity contribution in [2.24, 2.45) is 5.73 Å². The maximum atomic E-state index is 12.1. The molecule has 4 nitrogen and oxygen atoms in total. The number of benzene rings is 1. The van der Waals surface area contributed by atoms with Crippen molar-refractivity contribution in [2.75, 3.05) is 19.7 Å². The van der Waals surface area contributed by atoms with Crippen LogP contribution < -0.4 is 5.73 Å². The predicted molar refractivity (Wildman–Crippen MR) is 75.0 cm³/mol. The molecule has 2 N–H and O–H groups in total. The van der Waals surface area contributed by atoms with E-state index in [9.17, 15) is 4.79 Å². The van der Waals surface area contributed by atoms with Crippen molar-refractivity contribution < 1.29 is 9.53 Å². The first kappa shape index (κ1) is 14.3. The van der Waals surface area contributed by atoms with Gasteiger partial charge in [-0.3, -0.25) is 4.79 Å². The number of nitrogens with two attached hydrogens (primary N) is 1. The highest BCUT2D eigenvalue weighted by Crippen LogP contribution is 2.24.